The fraction of sp³-hybridized carbons (Fsp3) is 0.250. The average molecular weight is 340 g/mol. The van der Waals surface area contributed by atoms with Crippen LogP contribution in [-0.4, -0.2) is 7.05 Å². The van der Waals surface area contributed by atoms with Crippen molar-refractivity contribution in [2.75, 3.05) is 7.05 Å². The number of hydrogen-bond acceptors (Lipinski definition) is 1. The Kier molecular flexibility index (Phi) is 4.55. The summed E-state index contributed by atoms with van der Waals surface area (Å²) < 4.78 is 28.1. The standard InChI is InChI=1S/C16H16BrF2N/c1-9-6-10(2)15(14(19)7-9)16(20-3)12-5-4-11(18)8-13(12)17/h4-8,16,20H,1-3H3. The maximum absolute atomic E-state index is 14.3. The SMILES string of the molecule is CNC(c1ccc(F)cc1Br)c1c(C)cc(C)cc1F. The Morgan fingerprint density at radius 2 is 1.80 bits per heavy atom. The van der Waals surface area contributed by atoms with Crippen LogP contribution in [0.25, 0.3) is 0 Å². The average Bonchev–Trinajstić information content (AvgIpc) is 2.34. The van der Waals surface area contributed by atoms with Crippen LogP contribution in [0.1, 0.15) is 28.3 Å². The molecule has 1 N–H and O–H groups in total. The van der Waals surface area contributed by atoms with Crippen LogP contribution in [-0.2, 0) is 0 Å². The Morgan fingerprint density at radius 1 is 1.10 bits per heavy atom. The van der Waals surface area contributed by atoms with Crippen LogP contribution in [0.3, 0.4) is 0 Å². The molecule has 1 atom stereocenters. The normalized spacial score (nSPS) is 12.5. The van der Waals surface area contributed by atoms with E-state index < -0.39 is 0 Å². The first kappa shape index (κ1) is 15.1. The van der Waals surface area contributed by atoms with Crippen molar-refractivity contribution in [2.24, 2.45) is 0 Å². The Labute approximate surface area is 126 Å². The molecule has 0 radical (unpaired) electrons. The zero-order valence-corrected chi connectivity index (χ0v) is 13.2. The highest BCUT2D eigenvalue weighted by atomic mass is 79.9. The summed E-state index contributed by atoms with van der Waals surface area (Å²) in [6, 6.07) is 7.57. The molecule has 0 amide bonds. The lowest BCUT2D eigenvalue weighted by Gasteiger charge is -2.22. The van der Waals surface area contributed by atoms with E-state index in [1.807, 2.05) is 19.9 Å². The lowest BCUT2D eigenvalue weighted by atomic mass is 9.93. The molecule has 0 fully saturated rings. The van der Waals surface area contributed by atoms with E-state index in [1.54, 1.807) is 13.1 Å². The van der Waals surface area contributed by atoms with Gasteiger partial charge in [-0.1, -0.05) is 28.1 Å². The molecule has 0 aliphatic heterocycles. The first-order chi connectivity index (χ1) is 9.43. The van der Waals surface area contributed by atoms with Crippen molar-refractivity contribution in [1.29, 1.82) is 0 Å². The molecule has 0 heterocycles. The van der Waals surface area contributed by atoms with Crippen LogP contribution in [0, 0.1) is 25.5 Å². The molecule has 2 rings (SSSR count). The molecule has 1 nitrogen and oxygen atoms in total. The van der Waals surface area contributed by atoms with Crippen molar-refractivity contribution < 1.29 is 8.78 Å². The summed E-state index contributed by atoms with van der Waals surface area (Å²) in [7, 11) is 1.76. The molecule has 0 aromatic heterocycles. The van der Waals surface area contributed by atoms with Gasteiger partial charge in [-0.15, -0.1) is 0 Å². The topological polar surface area (TPSA) is 12.0 Å². The molecule has 0 aliphatic rings. The molecule has 1 unspecified atom stereocenters. The third-order valence-electron chi connectivity index (χ3n) is 3.33. The van der Waals surface area contributed by atoms with E-state index in [-0.39, 0.29) is 17.7 Å². The number of halogens is 3. The second kappa shape index (κ2) is 6.02. The molecule has 106 valence electrons. The molecule has 2 aromatic rings. The van der Waals surface area contributed by atoms with Crippen molar-refractivity contribution in [3.05, 3.63) is 68.7 Å². The lowest BCUT2D eigenvalue weighted by Crippen LogP contribution is -2.20. The Bertz CT molecular complexity index is 617. The fourth-order valence-electron chi connectivity index (χ4n) is 2.48. The van der Waals surface area contributed by atoms with Gasteiger partial charge >= 0.3 is 0 Å². The van der Waals surface area contributed by atoms with Crippen molar-refractivity contribution in [2.45, 2.75) is 19.9 Å². The van der Waals surface area contributed by atoms with Gasteiger partial charge in [0.1, 0.15) is 11.6 Å². The van der Waals surface area contributed by atoms with Crippen LogP contribution in [0.15, 0.2) is 34.8 Å². The van der Waals surface area contributed by atoms with E-state index in [0.717, 1.165) is 16.7 Å². The van der Waals surface area contributed by atoms with Gasteiger partial charge in [0.15, 0.2) is 0 Å². The second-order valence-corrected chi connectivity index (χ2v) is 5.72. The molecule has 0 spiro atoms. The predicted octanol–water partition coefficient (Wildman–Crippen LogP) is 4.65. The van der Waals surface area contributed by atoms with Gasteiger partial charge in [-0.25, -0.2) is 8.78 Å². The summed E-state index contributed by atoms with van der Waals surface area (Å²) in [5, 5.41) is 3.10. The van der Waals surface area contributed by atoms with Crippen LogP contribution >= 0.6 is 15.9 Å². The zero-order valence-electron chi connectivity index (χ0n) is 11.6. The van der Waals surface area contributed by atoms with Gasteiger partial charge in [0, 0.05) is 10.0 Å². The van der Waals surface area contributed by atoms with Crippen molar-refractivity contribution in [3.8, 4) is 0 Å². The Hall–Kier alpha value is -1.26. The minimum atomic E-state index is -0.328. The van der Waals surface area contributed by atoms with E-state index in [9.17, 15) is 8.78 Å². The zero-order chi connectivity index (χ0) is 14.9. The maximum atomic E-state index is 14.3. The Morgan fingerprint density at radius 3 is 2.35 bits per heavy atom. The van der Waals surface area contributed by atoms with Crippen LogP contribution in [0.5, 0.6) is 0 Å². The number of benzene rings is 2. The van der Waals surface area contributed by atoms with E-state index in [0.29, 0.717) is 10.0 Å². The highest BCUT2D eigenvalue weighted by molar-refractivity contribution is 9.10. The highest BCUT2D eigenvalue weighted by Gasteiger charge is 2.21. The number of hydrogen-bond donors (Lipinski definition) is 1. The molecule has 0 saturated heterocycles. The van der Waals surface area contributed by atoms with Crippen LogP contribution in [0.4, 0.5) is 8.78 Å². The van der Waals surface area contributed by atoms with Crippen molar-refractivity contribution in [1.82, 2.24) is 5.32 Å². The third kappa shape index (κ3) is 2.91. The van der Waals surface area contributed by atoms with Crippen LogP contribution in [0.2, 0.25) is 0 Å². The van der Waals surface area contributed by atoms with E-state index >= 15 is 0 Å². The summed E-state index contributed by atoms with van der Waals surface area (Å²) in [5.41, 5.74) is 3.15. The smallest absolute Gasteiger partial charge is 0.128 e. The van der Waals surface area contributed by atoms with Gasteiger partial charge in [0.05, 0.1) is 6.04 Å². The lowest BCUT2D eigenvalue weighted by molar-refractivity contribution is 0.569. The number of nitrogens with one attached hydrogen (secondary N) is 1. The molecule has 0 bridgehead atoms. The summed E-state index contributed by atoms with van der Waals surface area (Å²) in [6.45, 7) is 3.75. The van der Waals surface area contributed by atoms with Crippen LogP contribution < -0.4 is 5.32 Å². The van der Waals surface area contributed by atoms with Gasteiger partial charge in [0.2, 0.25) is 0 Å². The minimum Gasteiger partial charge on any atom is -0.309 e. The first-order valence-corrected chi connectivity index (χ1v) is 7.12. The van der Waals surface area contributed by atoms with Gasteiger partial charge in [0.25, 0.3) is 0 Å². The quantitative estimate of drug-likeness (QED) is 0.857. The highest BCUT2D eigenvalue weighted by Crippen LogP contribution is 2.32. The maximum Gasteiger partial charge on any atom is 0.128 e. The molecular formula is C16H16BrF2N. The van der Waals surface area contributed by atoms with Gasteiger partial charge in [-0.05, 0) is 55.8 Å². The monoisotopic (exact) mass is 339 g/mol. The third-order valence-corrected chi connectivity index (χ3v) is 4.02. The van der Waals surface area contributed by atoms with Crippen molar-refractivity contribution in [3.63, 3.8) is 0 Å². The summed E-state index contributed by atoms with van der Waals surface area (Å²) >= 11 is 3.35. The number of aryl methyl sites for hydroxylation is 2. The van der Waals surface area contributed by atoms with E-state index in [1.165, 1.54) is 18.2 Å². The molecule has 4 heteroatoms. The summed E-state index contributed by atoms with van der Waals surface area (Å²) in [6.07, 6.45) is 0. The van der Waals surface area contributed by atoms with Crippen molar-refractivity contribution >= 4 is 15.9 Å². The van der Waals surface area contributed by atoms with Gasteiger partial charge in [-0.3, -0.25) is 0 Å². The predicted molar refractivity (Wildman–Crippen MR) is 80.9 cm³/mol. The summed E-state index contributed by atoms with van der Waals surface area (Å²) in [4.78, 5) is 0. The Balaban J connectivity index is 2.58. The van der Waals surface area contributed by atoms with E-state index in [2.05, 4.69) is 21.2 Å². The second-order valence-electron chi connectivity index (χ2n) is 4.86. The minimum absolute atomic E-state index is 0.252. The molecule has 0 saturated carbocycles. The van der Waals surface area contributed by atoms with Gasteiger partial charge in [-0.2, -0.15) is 0 Å². The number of rotatable bonds is 3. The molecule has 2 aromatic carbocycles. The fourth-order valence-corrected chi connectivity index (χ4v) is 3.06. The van der Waals surface area contributed by atoms with E-state index in [4.69, 9.17) is 0 Å². The molecule has 20 heavy (non-hydrogen) atoms. The molecular weight excluding hydrogens is 324 g/mol. The summed E-state index contributed by atoms with van der Waals surface area (Å²) in [5.74, 6) is -0.574. The van der Waals surface area contributed by atoms with Gasteiger partial charge < -0.3 is 5.32 Å². The molecule has 0 aliphatic carbocycles. The first-order valence-electron chi connectivity index (χ1n) is 6.33. The largest absolute Gasteiger partial charge is 0.309 e.